The molecule has 1 heterocycles. The molecule has 2 heteroatoms. The SMILES string of the molecule is C1CCNCC1.[KH]. The number of nitrogens with one attached hydrogen (secondary N) is 1. The Morgan fingerprint density at radius 3 is 1.57 bits per heavy atom. The van der Waals surface area contributed by atoms with E-state index in [9.17, 15) is 0 Å². The molecule has 1 nitrogen and oxygen atoms in total. The summed E-state index contributed by atoms with van der Waals surface area (Å²) in [7, 11) is 0. The predicted octanol–water partition coefficient (Wildman–Crippen LogP) is 0.111. The van der Waals surface area contributed by atoms with Crippen LogP contribution in [0, 0.1) is 0 Å². The van der Waals surface area contributed by atoms with Crippen molar-refractivity contribution >= 4 is 51.4 Å². The van der Waals surface area contributed by atoms with Crippen LogP contribution in [0.1, 0.15) is 19.3 Å². The molecule has 1 N–H and O–H groups in total. The molecule has 1 saturated heterocycles. The summed E-state index contributed by atoms with van der Waals surface area (Å²) < 4.78 is 0. The first-order valence-corrected chi connectivity index (χ1v) is 2.71. The number of piperidine rings is 1. The first kappa shape index (κ1) is 8.60. The van der Waals surface area contributed by atoms with Crippen LogP contribution in [0.5, 0.6) is 0 Å². The Bertz CT molecular complexity index is 23.6. The summed E-state index contributed by atoms with van der Waals surface area (Å²) >= 11 is 0. The third kappa shape index (κ3) is 4.12. The van der Waals surface area contributed by atoms with Gasteiger partial charge in [-0.15, -0.1) is 0 Å². The van der Waals surface area contributed by atoms with Crippen LogP contribution in [0.3, 0.4) is 0 Å². The van der Waals surface area contributed by atoms with Crippen molar-refractivity contribution in [2.75, 3.05) is 13.1 Å². The molecule has 0 aromatic heterocycles. The molecule has 0 saturated carbocycles. The second kappa shape index (κ2) is 5.73. The number of hydrogen-bond acceptors (Lipinski definition) is 1. The first-order valence-electron chi connectivity index (χ1n) is 2.71. The van der Waals surface area contributed by atoms with E-state index in [1.165, 1.54) is 32.4 Å². The van der Waals surface area contributed by atoms with Crippen LogP contribution in [-0.4, -0.2) is 64.5 Å². The zero-order valence-corrected chi connectivity index (χ0v) is 4.04. The second-order valence-electron chi connectivity index (χ2n) is 1.81. The van der Waals surface area contributed by atoms with Gasteiger partial charge in [0.25, 0.3) is 0 Å². The molecule has 0 unspecified atom stereocenters. The number of hydrogen-bond donors (Lipinski definition) is 1. The molecule has 0 aliphatic carbocycles. The molecule has 0 amide bonds. The monoisotopic (exact) mass is 125 g/mol. The first-order chi connectivity index (χ1) is 3.00. The Hall–Kier alpha value is 1.60. The maximum atomic E-state index is 3.28. The van der Waals surface area contributed by atoms with Crippen molar-refractivity contribution in [3.05, 3.63) is 0 Å². The van der Waals surface area contributed by atoms with Crippen LogP contribution in [0.15, 0.2) is 0 Å². The molecule has 0 atom stereocenters. The number of rotatable bonds is 0. The van der Waals surface area contributed by atoms with E-state index in [1.807, 2.05) is 0 Å². The van der Waals surface area contributed by atoms with E-state index in [4.69, 9.17) is 0 Å². The van der Waals surface area contributed by atoms with E-state index in [0.29, 0.717) is 0 Å². The van der Waals surface area contributed by atoms with E-state index in [0.717, 1.165) is 0 Å². The molecule has 0 bridgehead atoms. The normalized spacial score (nSPS) is 20.6. The molecular formula is C5H12KN. The Morgan fingerprint density at radius 1 is 0.857 bits per heavy atom. The Labute approximate surface area is 87.7 Å². The van der Waals surface area contributed by atoms with Crippen molar-refractivity contribution in [2.45, 2.75) is 19.3 Å². The molecule has 38 valence electrons. The summed E-state index contributed by atoms with van der Waals surface area (Å²) in [4.78, 5) is 0. The maximum absolute atomic E-state index is 3.28. The van der Waals surface area contributed by atoms with Gasteiger partial charge in [0.05, 0.1) is 0 Å². The van der Waals surface area contributed by atoms with Gasteiger partial charge in [-0.05, 0) is 25.9 Å². The molecule has 0 spiro atoms. The van der Waals surface area contributed by atoms with E-state index in [2.05, 4.69) is 5.32 Å². The zero-order valence-electron chi connectivity index (χ0n) is 4.04. The van der Waals surface area contributed by atoms with Gasteiger partial charge in [-0.1, -0.05) is 6.42 Å². The topological polar surface area (TPSA) is 12.0 Å². The Kier molecular flexibility index (Phi) is 7.03. The van der Waals surface area contributed by atoms with Gasteiger partial charge in [0.1, 0.15) is 0 Å². The molecule has 0 aromatic rings. The van der Waals surface area contributed by atoms with E-state index in [-0.39, 0.29) is 51.4 Å². The van der Waals surface area contributed by atoms with Gasteiger partial charge < -0.3 is 5.32 Å². The van der Waals surface area contributed by atoms with Gasteiger partial charge in [-0.2, -0.15) is 0 Å². The minimum absolute atomic E-state index is 0. The average molecular weight is 125 g/mol. The Balaban J connectivity index is 0.000000360. The molecule has 1 fully saturated rings. The molecule has 0 aromatic carbocycles. The fraction of sp³-hybridized carbons (Fsp3) is 1.00. The van der Waals surface area contributed by atoms with Crippen LogP contribution >= 0.6 is 0 Å². The van der Waals surface area contributed by atoms with Crippen molar-refractivity contribution in [1.29, 1.82) is 0 Å². The summed E-state index contributed by atoms with van der Waals surface area (Å²) in [6.07, 6.45) is 4.22. The van der Waals surface area contributed by atoms with E-state index in [1.54, 1.807) is 0 Å². The van der Waals surface area contributed by atoms with Gasteiger partial charge in [0, 0.05) is 0 Å². The molecular weight excluding hydrogens is 113 g/mol. The third-order valence-corrected chi connectivity index (χ3v) is 1.21. The Morgan fingerprint density at radius 2 is 1.43 bits per heavy atom. The summed E-state index contributed by atoms with van der Waals surface area (Å²) in [6.45, 7) is 2.50. The standard InChI is InChI=1S/C5H11N.K.H/c1-2-4-6-5-3-1;;/h6H,1-5H2;;. The van der Waals surface area contributed by atoms with Crippen molar-refractivity contribution in [3.63, 3.8) is 0 Å². The molecule has 0 radical (unpaired) electrons. The van der Waals surface area contributed by atoms with Crippen LogP contribution in [0.4, 0.5) is 0 Å². The fourth-order valence-corrected chi connectivity index (χ4v) is 0.802. The van der Waals surface area contributed by atoms with Crippen LogP contribution in [0.2, 0.25) is 0 Å². The van der Waals surface area contributed by atoms with Crippen molar-refractivity contribution in [1.82, 2.24) is 5.32 Å². The minimum atomic E-state index is 0. The fourth-order valence-electron chi connectivity index (χ4n) is 0.802. The predicted molar refractivity (Wildman–Crippen MR) is 33.9 cm³/mol. The van der Waals surface area contributed by atoms with Gasteiger partial charge in [0.15, 0.2) is 0 Å². The summed E-state index contributed by atoms with van der Waals surface area (Å²) in [5.74, 6) is 0. The third-order valence-electron chi connectivity index (χ3n) is 1.21. The van der Waals surface area contributed by atoms with Crippen molar-refractivity contribution in [2.24, 2.45) is 0 Å². The van der Waals surface area contributed by atoms with Gasteiger partial charge in [0.2, 0.25) is 0 Å². The van der Waals surface area contributed by atoms with E-state index >= 15 is 0 Å². The summed E-state index contributed by atoms with van der Waals surface area (Å²) in [5, 5.41) is 3.28. The molecule has 7 heavy (non-hydrogen) atoms. The second-order valence-corrected chi connectivity index (χ2v) is 1.81. The van der Waals surface area contributed by atoms with Crippen LogP contribution in [0.25, 0.3) is 0 Å². The van der Waals surface area contributed by atoms with Crippen LogP contribution < -0.4 is 5.32 Å². The molecule has 1 aliphatic heterocycles. The van der Waals surface area contributed by atoms with Crippen molar-refractivity contribution < 1.29 is 0 Å². The molecule has 1 aliphatic rings. The average Bonchev–Trinajstić information content (AvgIpc) is 1.72. The van der Waals surface area contributed by atoms with Crippen molar-refractivity contribution in [3.8, 4) is 0 Å². The van der Waals surface area contributed by atoms with Gasteiger partial charge in [-0.25, -0.2) is 0 Å². The quantitative estimate of drug-likeness (QED) is 0.453. The summed E-state index contributed by atoms with van der Waals surface area (Å²) in [5.41, 5.74) is 0. The summed E-state index contributed by atoms with van der Waals surface area (Å²) in [6, 6.07) is 0. The van der Waals surface area contributed by atoms with Crippen LogP contribution in [-0.2, 0) is 0 Å². The molecule has 1 rings (SSSR count). The van der Waals surface area contributed by atoms with Gasteiger partial charge >= 0.3 is 51.4 Å². The van der Waals surface area contributed by atoms with Gasteiger partial charge in [-0.3, -0.25) is 0 Å². The van der Waals surface area contributed by atoms with E-state index < -0.39 is 0 Å². The zero-order chi connectivity index (χ0) is 4.24.